The molecule has 0 heterocycles. The van der Waals surface area contributed by atoms with Crippen LogP contribution in [-0.2, 0) is 4.79 Å². The number of carboxylic acid groups (broad SMARTS) is 1. The molecule has 80 valence electrons. The lowest BCUT2D eigenvalue weighted by molar-refractivity contribution is -0.133. The largest absolute Gasteiger partial charge is 0.484 e. The summed E-state index contributed by atoms with van der Waals surface area (Å²) in [6, 6.07) is 6.88. The number of halogens is 1. The highest BCUT2D eigenvalue weighted by Gasteiger charge is 2.15. The molecule has 0 bridgehead atoms. The third-order valence-electron chi connectivity index (χ3n) is 1.91. The Balaban J connectivity index is 2.75. The van der Waals surface area contributed by atoms with Crippen LogP contribution in [0, 0.1) is 0 Å². The van der Waals surface area contributed by atoms with E-state index in [0.717, 1.165) is 0 Å². The molecule has 15 heavy (non-hydrogen) atoms. The van der Waals surface area contributed by atoms with Crippen LogP contribution in [-0.4, -0.2) is 17.2 Å². The molecule has 1 aromatic rings. The summed E-state index contributed by atoms with van der Waals surface area (Å²) in [4.78, 5) is 10.6. The average molecular weight is 227 g/mol. The molecular formula is C11H11ClO3. The highest BCUT2D eigenvalue weighted by atomic mass is 35.5. The molecule has 1 N–H and O–H groups in total. The van der Waals surface area contributed by atoms with Crippen molar-refractivity contribution in [2.75, 3.05) is 0 Å². The van der Waals surface area contributed by atoms with Gasteiger partial charge in [-0.3, -0.25) is 0 Å². The Labute approximate surface area is 92.9 Å². The number of rotatable bonds is 4. The van der Waals surface area contributed by atoms with Gasteiger partial charge in [0.2, 0.25) is 0 Å². The molecule has 3 nitrogen and oxygen atoms in total. The summed E-state index contributed by atoms with van der Waals surface area (Å²) in [5.41, 5.74) is -0.00470. The highest BCUT2D eigenvalue weighted by molar-refractivity contribution is 6.32. The van der Waals surface area contributed by atoms with Crippen LogP contribution in [0.2, 0.25) is 5.02 Å². The second-order valence-corrected chi connectivity index (χ2v) is 3.43. The van der Waals surface area contributed by atoms with Crippen molar-refractivity contribution in [3.05, 3.63) is 41.4 Å². The van der Waals surface area contributed by atoms with Gasteiger partial charge in [-0.15, -0.1) is 0 Å². The van der Waals surface area contributed by atoms with Crippen molar-refractivity contribution in [1.29, 1.82) is 0 Å². The van der Waals surface area contributed by atoms with Crippen LogP contribution in [0.4, 0.5) is 0 Å². The molecule has 0 fully saturated rings. The van der Waals surface area contributed by atoms with Crippen molar-refractivity contribution in [3.8, 4) is 5.75 Å². The molecule has 1 atom stereocenters. The molecular weight excluding hydrogens is 216 g/mol. The lowest BCUT2D eigenvalue weighted by Crippen LogP contribution is -2.20. The summed E-state index contributed by atoms with van der Waals surface area (Å²) in [6.45, 7) is 5.02. The Morgan fingerprint density at radius 2 is 2.13 bits per heavy atom. The van der Waals surface area contributed by atoms with Crippen LogP contribution in [0.3, 0.4) is 0 Å². The first kappa shape index (κ1) is 11.6. The molecule has 4 heteroatoms. The molecule has 0 saturated carbocycles. The van der Waals surface area contributed by atoms with E-state index in [2.05, 4.69) is 6.58 Å². The maximum Gasteiger partial charge on any atom is 0.334 e. The molecule has 1 unspecified atom stereocenters. The zero-order valence-corrected chi connectivity index (χ0v) is 8.99. The predicted molar refractivity (Wildman–Crippen MR) is 58.3 cm³/mol. The summed E-state index contributed by atoms with van der Waals surface area (Å²) in [6.07, 6.45) is -0.609. The van der Waals surface area contributed by atoms with Gasteiger partial charge in [0, 0.05) is 0 Å². The van der Waals surface area contributed by atoms with E-state index in [1.807, 2.05) is 0 Å². The first-order chi connectivity index (χ1) is 7.02. The molecule has 1 aromatic carbocycles. The zero-order valence-electron chi connectivity index (χ0n) is 8.24. The number of ether oxygens (including phenoxy) is 1. The standard InChI is InChI=1S/C11H11ClO3/c1-7(11(13)14)8(2)15-10-6-4-3-5-9(10)12/h3-6,8H,1H2,2H3,(H,13,14). The minimum absolute atomic E-state index is 0.00470. The Morgan fingerprint density at radius 1 is 1.53 bits per heavy atom. The van der Waals surface area contributed by atoms with Crippen LogP contribution < -0.4 is 4.74 Å². The lowest BCUT2D eigenvalue weighted by atomic mass is 10.2. The summed E-state index contributed by atoms with van der Waals surface area (Å²) in [7, 11) is 0. The van der Waals surface area contributed by atoms with Gasteiger partial charge in [-0.1, -0.05) is 30.3 Å². The molecule has 0 aliphatic heterocycles. The van der Waals surface area contributed by atoms with E-state index >= 15 is 0 Å². The molecule has 0 aromatic heterocycles. The summed E-state index contributed by atoms with van der Waals surface area (Å²) in [5.74, 6) is -0.622. The van der Waals surface area contributed by atoms with Gasteiger partial charge in [0.25, 0.3) is 0 Å². The van der Waals surface area contributed by atoms with Gasteiger partial charge in [0.05, 0.1) is 10.6 Å². The van der Waals surface area contributed by atoms with E-state index < -0.39 is 12.1 Å². The number of carboxylic acids is 1. The number of para-hydroxylation sites is 1. The molecule has 1 rings (SSSR count). The van der Waals surface area contributed by atoms with Crippen LogP contribution in [0.1, 0.15) is 6.92 Å². The molecule has 0 amide bonds. The van der Waals surface area contributed by atoms with Crippen LogP contribution in [0.5, 0.6) is 5.75 Å². The monoisotopic (exact) mass is 226 g/mol. The van der Waals surface area contributed by atoms with E-state index in [4.69, 9.17) is 21.4 Å². The van der Waals surface area contributed by atoms with E-state index in [1.54, 1.807) is 31.2 Å². The summed E-state index contributed by atoms with van der Waals surface area (Å²) >= 11 is 5.85. The minimum Gasteiger partial charge on any atom is -0.484 e. The maximum absolute atomic E-state index is 10.6. The van der Waals surface area contributed by atoms with Gasteiger partial charge in [-0.25, -0.2) is 4.79 Å². The zero-order chi connectivity index (χ0) is 11.4. The third-order valence-corrected chi connectivity index (χ3v) is 2.22. The number of carbonyl (C=O) groups is 1. The van der Waals surface area contributed by atoms with Crippen molar-refractivity contribution >= 4 is 17.6 Å². The van der Waals surface area contributed by atoms with Gasteiger partial charge in [-0.05, 0) is 19.1 Å². The molecule has 0 radical (unpaired) electrons. The smallest absolute Gasteiger partial charge is 0.334 e. The van der Waals surface area contributed by atoms with Crippen molar-refractivity contribution in [2.24, 2.45) is 0 Å². The molecule has 0 aliphatic rings. The average Bonchev–Trinajstić information content (AvgIpc) is 2.20. The van der Waals surface area contributed by atoms with Gasteiger partial charge in [-0.2, -0.15) is 0 Å². The fourth-order valence-electron chi connectivity index (χ4n) is 0.976. The Hall–Kier alpha value is -1.48. The first-order valence-corrected chi connectivity index (χ1v) is 4.73. The van der Waals surface area contributed by atoms with E-state index in [0.29, 0.717) is 10.8 Å². The summed E-state index contributed by atoms with van der Waals surface area (Å²) < 4.78 is 5.36. The fraction of sp³-hybridized carbons (Fsp3) is 0.182. The summed E-state index contributed by atoms with van der Waals surface area (Å²) in [5, 5.41) is 9.13. The van der Waals surface area contributed by atoms with Gasteiger partial charge >= 0.3 is 5.97 Å². The van der Waals surface area contributed by atoms with E-state index in [9.17, 15) is 4.79 Å². The minimum atomic E-state index is -1.07. The molecule has 0 saturated heterocycles. The maximum atomic E-state index is 10.6. The molecule has 0 aliphatic carbocycles. The first-order valence-electron chi connectivity index (χ1n) is 4.35. The van der Waals surface area contributed by atoms with Crippen molar-refractivity contribution < 1.29 is 14.6 Å². The van der Waals surface area contributed by atoms with E-state index in [1.165, 1.54) is 0 Å². The second kappa shape index (κ2) is 4.84. The SMILES string of the molecule is C=C(C(=O)O)C(C)Oc1ccccc1Cl. The topological polar surface area (TPSA) is 46.5 Å². The van der Waals surface area contributed by atoms with Crippen molar-refractivity contribution in [2.45, 2.75) is 13.0 Å². The number of hydrogen-bond acceptors (Lipinski definition) is 2. The van der Waals surface area contributed by atoms with Crippen LogP contribution in [0.15, 0.2) is 36.4 Å². The Bertz CT molecular complexity index is 387. The van der Waals surface area contributed by atoms with E-state index in [-0.39, 0.29) is 5.57 Å². The fourth-order valence-corrected chi connectivity index (χ4v) is 1.16. The van der Waals surface area contributed by atoms with Crippen molar-refractivity contribution in [1.82, 2.24) is 0 Å². The quantitative estimate of drug-likeness (QED) is 0.803. The lowest BCUT2D eigenvalue weighted by Gasteiger charge is -2.15. The number of benzene rings is 1. The normalized spacial score (nSPS) is 11.9. The number of aliphatic carboxylic acids is 1. The Morgan fingerprint density at radius 3 is 2.67 bits per heavy atom. The number of hydrogen-bond donors (Lipinski definition) is 1. The third kappa shape index (κ3) is 2.99. The van der Waals surface area contributed by atoms with Gasteiger partial charge < -0.3 is 9.84 Å². The second-order valence-electron chi connectivity index (χ2n) is 3.02. The molecule has 0 spiro atoms. The van der Waals surface area contributed by atoms with Crippen LogP contribution in [0.25, 0.3) is 0 Å². The van der Waals surface area contributed by atoms with Crippen molar-refractivity contribution in [3.63, 3.8) is 0 Å². The van der Waals surface area contributed by atoms with Gasteiger partial charge in [0.15, 0.2) is 0 Å². The van der Waals surface area contributed by atoms with Gasteiger partial charge in [0.1, 0.15) is 11.9 Å². The van der Waals surface area contributed by atoms with Crippen LogP contribution >= 0.6 is 11.6 Å². The predicted octanol–water partition coefficient (Wildman–Crippen LogP) is 2.75. The highest BCUT2D eigenvalue weighted by Crippen LogP contribution is 2.25. The Kier molecular flexibility index (Phi) is 3.74.